The van der Waals surface area contributed by atoms with Crippen LogP contribution in [0, 0.1) is 13.8 Å². The molecule has 0 saturated carbocycles. The van der Waals surface area contributed by atoms with Gasteiger partial charge in [-0.25, -0.2) is 0 Å². The molecule has 2 fully saturated rings. The Morgan fingerprint density at radius 2 is 1.85 bits per heavy atom. The zero-order chi connectivity index (χ0) is 18.3. The van der Waals surface area contributed by atoms with Gasteiger partial charge in [-0.2, -0.15) is 5.10 Å². The van der Waals surface area contributed by atoms with E-state index in [9.17, 15) is 4.79 Å². The fourth-order valence-corrected chi connectivity index (χ4v) is 4.47. The van der Waals surface area contributed by atoms with Gasteiger partial charge in [0.2, 0.25) is 0 Å². The maximum atomic E-state index is 12.9. The fourth-order valence-electron chi connectivity index (χ4n) is 4.47. The summed E-state index contributed by atoms with van der Waals surface area (Å²) in [4.78, 5) is 14.9. The zero-order valence-corrected chi connectivity index (χ0v) is 15.9. The second kappa shape index (κ2) is 6.88. The van der Waals surface area contributed by atoms with Gasteiger partial charge in [0.05, 0.1) is 12.2 Å². The third-order valence-corrected chi connectivity index (χ3v) is 5.95. The highest BCUT2D eigenvalue weighted by atomic mass is 16.2. The largest absolute Gasteiger partial charge is 0.339 e. The topological polar surface area (TPSA) is 50.2 Å². The van der Waals surface area contributed by atoms with Crippen molar-refractivity contribution in [2.75, 3.05) is 7.05 Å². The zero-order valence-electron chi connectivity index (χ0n) is 15.9. The van der Waals surface area contributed by atoms with Gasteiger partial charge in [0.25, 0.3) is 5.91 Å². The molecule has 2 aromatic rings. The van der Waals surface area contributed by atoms with E-state index in [0.717, 1.165) is 41.9 Å². The van der Waals surface area contributed by atoms with Crippen LogP contribution in [0.15, 0.2) is 30.3 Å². The number of rotatable bonds is 4. The van der Waals surface area contributed by atoms with Gasteiger partial charge < -0.3 is 10.2 Å². The van der Waals surface area contributed by atoms with Gasteiger partial charge in [-0.15, -0.1) is 0 Å². The molecule has 2 unspecified atom stereocenters. The van der Waals surface area contributed by atoms with E-state index in [4.69, 9.17) is 0 Å². The Balaban J connectivity index is 1.42. The van der Waals surface area contributed by atoms with Crippen molar-refractivity contribution < 1.29 is 4.79 Å². The van der Waals surface area contributed by atoms with E-state index in [-0.39, 0.29) is 5.91 Å². The van der Waals surface area contributed by atoms with E-state index in [1.165, 1.54) is 12.8 Å². The van der Waals surface area contributed by atoms with Crippen LogP contribution in [-0.4, -0.2) is 45.8 Å². The summed E-state index contributed by atoms with van der Waals surface area (Å²) in [6.45, 7) is 4.81. The second-order valence-corrected chi connectivity index (χ2v) is 7.96. The van der Waals surface area contributed by atoms with Crippen molar-refractivity contribution in [2.24, 2.45) is 0 Å². The molecule has 3 heterocycles. The van der Waals surface area contributed by atoms with Gasteiger partial charge in [0, 0.05) is 36.4 Å². The molecular formula is C21H28N4O. The summed E-state index contributed by atoms with van der Waals surface area (Å²) in [6, 6.07) is 11.6. The van der Waals surface area contributed by atoms with Gasteiger partial charge in [-0.1, -0.05) is 12.1 Å². The van der Waals surface area contributed by atoms with Crippen LogP contribution in [0.4, 0.5) is 0 Å². The van der Waals surface area contributed by atoms with E-state index in [2.05, 4.69) is 23.4 Å². The first-order valence-electron chi connectivity index (χ1n) is 9.63. The van der Waals surface area contributed by atoms with Crippen LogP contribution in [0.1, 0.15) is 53.0 Å². The highest BCUT2D eigenvalue weighted by Gasteiger charge is 2.36. The van der Waals surface area contributed by atoms with Gasteiger partial charge in [-0.3, -0.25) is 9.48 Å². The summed E-state index contributed by atoms with van der Waals surface area (Å²) in [6.07, 6.45) is 4.66. The van der Waals surface area contributed by atoms with Crippen LogP contribution in [-0.2, 0) is 6.54 Å². The predicted octanol–water partition coefficient (Wildman–Crippen LogP) is 2.90. The number of nitrogens with zero attached hydrogens (tertiary/aromatic N) is 3. The van der Waals surface area contributed by atoms with Crippen molar-refractivity contribution >= 4 is 5.91 Å². The monoisotopic (exact) mass is 352 g/mol. The predicted molar refractivity (Wildman–Crippen MR) is 102 cm³/mol. The molecule has 0 aliphatic carbocycles. The normalized spacial score (nSPS) is 24.7. The number of aryl methyl sites for hydroxylation is 2. The molecule has 2 atom stereocenters. The number of nitrogens with one attached hydrogen (secondary N) is 1. The Labute approximate surface area is 155 Å². The van der Waals surface area contributed by atoms with Crippen molar-refractivity contribution in [1.82, 2.24) is 20.0 Å². The molecule has 5 heteroatoms. The van der Waals surface area contributed by atoms with Crippen molar-refractivity contribution in [1.29, 1.82) is 0 Å². The van der Waals surface area contributed by atoms with Crippen LogP contribution in [0.25, 0.3) is 0 Å². The average molecular weight is 352 g/mol. The first kappa shape index (κ1) is 17.3. The smallest absolute Gasteiger partial charge is 0.253 e. The van der Waals surface area contributed by atoms with Gasteiger partial charge in [0.1, 0.15) is 0 Å². The van der Waals surface area contributed by atoms with E-state index in [0.29, 0.717) is 18.1 Å². The molecule has 5 nitrogen and oxygen atoms in total. The van der Waals surface area contributed by atoms with E-state index >= 15 is 0 Å². The van der Waals surface area contributed by atoms with Crippen molar-refractivity contribution in [3.63, 3.8) is 0 Å². The van der Waals surface area contributed by atoms with E-state index < -0.39 is 0 Å². The molecule has 1 aromatic heterocycles. The Morgan fingerprint density at radius 1 is 1.19 bits per heavy atom. The standard InChI is InChI=1S/C21H28N4O/c1-14-10-15(2)25(23-14)13-16-4-6-17(7-5-16)21(26)24(3)20-11-18-8-9-19(12-20)22-18/h4-7,10,18-20,22H,8-9,11-13H2,1-3H3. The molecule has 2 bridgehead atoms. The number of aromatic nitrogens is 2. The number of piperidine rings is 1. The Bertz CT molecular complexity index is 783. The summed E-state index contributed by atoms with van der Waals surface area (Å²) >= 11 is 0. The second-order valence-electron chi connectivity index (χ2n) is 7.96. The van der Waals surface area contributed by atoms with Crippen molar-refractivity contribution in [2.45, 2.75) is 64.2 Å². The minimum absolute atomic E-state index is 0.133. The molecule has 2 saturated heterocycles. The minimum atomic E-state index is 0.133. The van der Waals surface area contributed by atoms with Crippen LogP contribution >= 0.6 is 0 Å². The Morgan fingerprint density at radius 3 is 2.42 bits per heavy atom. The lowest BCUT2D eigenvalue weighted by Crippen LogP contribution is -2.48. The lowest BCUT2D eigenvalue weighted by Gasteiger charge is -2.35. The molecule has 4 rings (SSSR count). The molecule has 1 amide bonds. The molecule has 138 valence electrons. The summed E-state index contributed by atoms with van der Waals surface area (Å²) < 4.78 is 2.00. The molecule has 2 aliphatic heterocycles. The maximum Gasteiger partial charge on any atom is 0.253 e. The first-order chi connectivity index (χ1) is 12.5. The van der Waals surface area contributed by atoms with Gasteiger partial charge >= 0.3 is 0 Å². The summed E-state index contributed by atoms with van der Waals surface area (Å²) in [5, 5.41) is 8.15. The lowest BCUT2D eigenvalue weighted by molar-refractivity contribution is 0.0681. The van der Waals surface area contributed by atoms with Gasteiger partial charge in [-0.05, 0) is 63.3 Å². The summed E-state index contributed by atoms with van der Waals surface area (Å²) in [7, 11) is 1.96. The first-order valence-corrected chi connectivity index (χ1v) is 9.63. The number of hydrogen-bond donors (Lipinski definition) is 1. The van der Waals surface area contributed by atoms with Crippen LogP contribution < -0.4 is 5.32 Å². The molecule has 1 N–H and O–H groups in total. The Hall–Kier alpha value is -2.14. The minimum Gasteiger partial charge on any atom is -0.339 e. The molecule has 2 aliphatic rings. The number of amides is 1. The molecule has 0 spiro atoms. The van der Waals surface area contributed by atoms with Crippen molar-refractivity contribution in [3.05, 3.63) is 52.8 Å². The van der Waals surface area contributed by atoms with Crippen LogP contribution in [0.2, 0.25) is 0 Å². The SMILES string of the molecule is Cc1cc(C)n(Cc2ccc(C(=O)N(C)C3CC4CCC(C3)N4)cc2)n1. The molecule has 0 radical (unpaired) electrons. The van der Waals surface area contributed by atoms with Crippen LogP contribution in [0.5, 0.6) is 0 Å². The van der Waals surface area contributed by atoms with Gasteiger partial charge in [0.15, 0.2) is 0 Å². The third-order valence-electron chi connectivity index (χ3n) is 5.95. The summed E-state index contributed by atoms with van der Waals surface area (Å²) in [5.74, 6) is 0.133. The summed E-state index contributed by atoms with van der Waals surface area (Å²) in [5.41, 5.74) is 4.13. The molecular weight excluding hydrogens is 324 g/mol. The highest BCUT2D eigenvalue weighted by Crippen LogP contribution is 2.29. The van der Waals surface area contributed by atoms with E-state index in [1.807, 2.05) is 47.8 Å². The molecule has 26 heavy (non-hydrogen) atoms. The van der Waals surface area contributed by atoms with Crippen molar-refractivity contribution in [3.8, 4) is 0 Å². The number of carbonyl (C=O) groups is 1. The number of fused-ring (bicyclic) bond motifs is 2. The third kappa shape index (κ3) is 3.40. The van der Waals surface area contributed by atoms with E-state index in [1.54, 1.807) is 0 Å². The average Bonchev–Trinajstić information content (AvgIpc) is 3.14. The quantitative estimate of drug-likeness (QED) is 0.920. The number of benzene rings is 1. The highest BCUT2D eigenvalue weighted by molar-refractivity contribution is 5.94. The van der Waals surface area contributed by atoms with Crippen LogP contribution in [0.3, 0.4) is 0 Å². The fraction of sp³-hybridized carbons (Fsp3) is 0.524. The Kier molecular flexibility index (Phi) is 4.57. The number of carbonyl (C=O) groups excluding carboxylic acids is 1. The molecule has 1 aromatic carbocycles. The lowest BCUT2D eigenvalue weighted by atomic mass is 9.98. The number of hydrogen-bond acceptors (Lipinski definition) is 3. The maximum absolute atomic E-state index is 12.9.